The molecule has 2 heterocycles. The first-order valence-corrected chi connectivity index (χ1v) is 8.86. The van der Waals surface area contributed by atoms with E-state index in [2.05, 4.69) is 10.1 Å². The largest absolute Gasteiger partial charge is 0.338 e. The molecule has 0 radical (unpaired) electrons. The Morgan fingerprint density at radius 2 is 1.89 bits per heavy atom. The summed E-state index contributed by atoms with van der Waals surface area (Å²) in [6, 6.07) is 9.18. The summed E-state index contributed by atoms with van der Waals surface area (Å²) in [5.74, 6) is -2.64. The Morgan fingerprint density at radius 1 is 1.07 bits per heavy atom. The standard InChI is InChI=1S/C20H16F3N3O2/c21-15-6-2-1-5-14(15)20(27)26-9-3-4-13(11-26)18-24-19(28-25-18)12-7-8-16(22)17(23)10-12/h1-2,5-8,10,13H,3-4,9,11H2. The van der Waals surface area contributed by atoms with Crippen molar-refractivity contribution in [1.29, 1.82) is 0 Å². The van der Waals surface area contributed by atoms with Crippen LogP contribution in [-0.4, -0.2) is 34.0 Å². The van der Waals surface area contributed by atoms with Gasteiger partial charge in [0, 0.05) is 24.6 Å². The summed E-state index contributed by atoms with van der Waals surface area (Å²) >= 11 is 0. The maximum Gasteiger partial charge on any atom is 0.258 e. The van der Waals surface area contributed by atoms with Gasteiger partial charge in [-0.3, -0.25) is 4.79 Å². The van der Waals surface area contributed by atoms with E-state index in [1.54, 1.807) is 11.0 Å². The summed E-state index contributed by atoms with van der Waals surface area (Å²) in [5, 5.41) is 3.94. The van der Waals surface area contributed by atoms with E-state index in [1.165, 1.54) is 24.3 Å². The lowest BCUT2D eigenvalue weighted by Gasteiger charge is -2.31. The molecule has 3 aromatic rings. The van der Waals surface area contributed by atoms with Crippen molar-refractivity contribution in [2.75, 3.05) is 13.1 Å². The van der Waals surface area contributed by atoms with E-state index in [0.29, 0.717) is 25.3 Å². The Morgan fingerprint density at radius 3 is 2.68 bits per heavy atom. The molecule has 1 aromatic heterocycles. The molecule has 1 saturated heterocycles. The van der Waals surface area contributed by atoms with Crippen LogP contribution in [-0.2, 0) is 0 Å². The van der Waals surface area contributed by atoms with Gasteiger partial charge in [0.25, 0.3) is 11.8 Å². The Bertz CT molecular complexity index is 1020. The predicted molar refractivity (Wildman–Crippen MR) is 93.9 cm³/mol. The fourth-order valence-corrected chi connectivity index (χ4v) is 3.32. The normalized spacial score (nSPS) is 17.0. The summed E-state index contributed by atoms with van der Waals surface area (Å²) in [6.07, 6.45) is 1.44. The third-order valence-electron chi connectivity index (χ3n) is 4.79. The molecule has 1 fully saturated rings. The number of likely N-dealkylation sites (tertiary alicyclic amines) is 1. The molecule has 0 N–H and O–H groups in total. The number of halogens is 3. The topological polar surface area (TPSA) is 59.2 Å². The van der Waals surface area contributed by atoms with Crippen molar-refractivity contribution in [2.24, 2.45) is 0 Å². The summed E-state index contributed by atoms with van der Waals surface area (Å²) in [6.45, 7) is 0.835. The SMILES string of the molecule is O=C(c1ccccc1F)N1CCCC(c2noc(-c3ccc(F)c(F)c3)n2)C1. The van der Waals surface area contributed by atoms with E-state index >= 15 is 0 Å². The molecule has 1 aliphatic rings. The average molecular weight is 387 g/mol. The van der Waals surface area contributed by atoms with Crippen molar-refractivity contribution in [3.8, 4) is 11.5 Å². The fourth-order valence-electron chi connectivity index (χ4n) is 3.32. The third kappa shape index (κ3) is 3.49. The molecule has 4 rings (SSSR count). The molecule has 0 saturated carbocycles. The van der Waals surface area contributed by atoms with Gasteiger partial charge in [0.1, 0.15) is 5.82 Å². The van der Waals surface area contributed by atoms with Gasteiger partial charge >= 0.3 is 0 Å². The number of aromatic nitrogens is 2. The molecule has 0 bridgehead atoms. The number of amides is 1. The second-order valence-corrected chi connectivity index (χ2v) is 6.66. The highest BCUT2D eigenvalue weighted by molar-refractivity contribution is 5.94. The number of carbonyl (C=O) groups is 1. The van der Waals surface area contributed by atoms with Crippen molar-refractivity contribution in [1.82, 2.24) is 15.0 Å². The van der Waals surface area contributed by atoms with Crippen LogP contribution in [0.3, 0.4) is 0 Å². The maximum absolute atomic E-state index is 13.9. The highest BCUT2D eigenvalue weighted by Crippen LogP contribution is 2.28. The van der Waals surface area contributed by atoms with Crippen molar-refractivity contribution in [2.45, 2.75) is 18.8 Å². The summed E-state index contributed by atoms with van der Waals surface area (Å²) in [7, 11) is 0. The van der Waals surface area contributed by atoms with Gasteiger partial charge in [0.15, 0.2) is 17.5 Å². The lowest BCUT2D eigenvalue weighted by Crippen LogP contribution is -2.39. The molecule has 0 spiro atoms. The lowest BCUT2D eigenvalue weighted by molar-refractivity contribution is 0.0699. The van der Waals surface area contributed by atoms with E-state index in [-0.39, 0.29) is 28.8 Å². The van der Waals surface area contributed by atoms with Crippen LogP contribution in [0.5, 0.6) is 0 Å². The van der Waals surface area contributed by atoms with Gasteiger partial charge < -0.3 is 9.42 Å². The number of benzene rings is 2. The molecule has 0 aliphatic carbocycles. The second-order valence-electron chi connectivity index (χ2n) is 6.66. The van der Waals surface area contributed by atoms with Gasteiger partial charge in [-0.15, -0.1) is 0 Å². The number of nitrogens with zero attached hydrogens (tertiary/aromatic N) is 3. The Kier molecular flexibility index (Phi) is 4.85. The monoisotopic (exact) mass is 387 g/mol. The minimum absolute atomic E-state index is 0.0266. The van der Waals surface area contributed by atoms with Crippen LogP contribution in [0, 0.1) is 17.5 Å². The summed E-state index contributed by atoms with van der Waals surface area (Å²) in [4.78, 5) is 18.5. The van der Waals surface area contributed by atoms with Crippen molar-refractivity contribution >= 4 is 5.91 Å². The van der Waals surface area contributed by atoms with Gasteiger partial charge in [0.2, 0.25) is 0 Å². The molecule has 1 amide bonds. The quantitative estimate of drug-likeness (QED) is 0.677. The Labute approximate surface area is 158 Å². The minimum atomic E-state index is -1.00. The van der Waals surface area contributed by atoms with Gasteiger partial charge in [-0.05, 0) is 43.2 Å². The lowest BCUT2D eigenvalue weighted by atomic mass is 9.96. The number of hydrogen-bond donors (Lipinski definition) is 0. The summed E-state index contributed by atoms with van der Waals surface area (Å²) < 4.78 is 45.6. The molecule has 8 heteroatoms. The van der Waals surface area contributed by atoms with Gasteiger partial charge in [-0.2, -0.15) is 4.98 Å². The molecule has 28 heavy (non-hydrogen) atoms. The van der Waals surface area contributed by atoms with Crippen LogP contribution < -0.4 is 0 Å². The van der Waals surface area contributed by atoms with Crippen molar-refractivity contribution in [3.63, 3.8) is 0 Å². The van der Waals surface area contributed by atoms with Crippen molar-refractivity contribution < 1.29 is 22.5 Å². The molecular formula is C20H16F3N3O2. The number of carbonyl (C=O) groups excluding carboxylic acids is 1. The smallest absolute Gasteiger partial charge is 0.258 e. The maximum atomic E-state index is 13.9. The van der Waals surface area contributed by atoms with Crippen LogP contribution in [0.4, 0.5) is 13.2 Å². The zero-order chi connectivity index (χ0) is 19.7. The molecule has 1 atom stereocenters. The number of piperidine rings is 1. The van der Waals surface area contributed by atoms with E-state index in [0.717, 1.165) is 18.6 Å². The Hall–Kier alpha value is -3.16. The molecule has 1 unspecified atom stereocenters. The highest BCUT2D eigenvalue weighted by Gasteiger charge is 2.29. The molecule has 2 aromatic carbocycles. The Balaban J connectivity index is 1.52. The van der Waals surface area contributed by atoms with Crippen LogP contribution in [0.1, 0.15) is 34.9 Å². The molecular weight excluding hydrogens is 371 g/mol. The van der Waals surface area contributed by atoms with E-state index in [1.807, 2.05) is 0 Å². The molecule has 1 aliphatic heterocycles. The summed E-state index contributed by atoms with van der Waals surface area (Å²) in [5.41, 5.74) is 0.298. The van der Waals surface area contributed by atoms with Crippen molar-refractivity contribution in [3.05, 3.63) is 71.3 Å². The van der Waals surface area contributed by atoms with Gasteiger partial charge in [0.05, 0.1) is 5.56 Å². The zero-order valence-corrected chi connectivity index (χ0v) is 14.7. The number of rotatable bonds is 3. The highest BCUT2D eigenvalue weighted by atomic mass is 19.2. The second kappa shape index (κ2) is 7.46. The molecule has 5 nitrogen and oxygen atoms in total. The first-order chi connectivity index (χ1) is 13.5. The van der Waals surface area contributed by atoms with Crippen LogP contribution >= 0.6 is 0 Å². The van der Waals surface area contributed by atoms with Gasteiger partial charge in [-0.1, -0.05) is 17.3 Å². The van der Waals surface area contributed by atoms with Crippen LogP contribution in [0.15, 0.2) is 47.0 Å². The first-order valence-electron chi connectivity index (χ1n) is 8.86. The fraction of sp³-hybridized carbons (Fsp3) is 0.250. The third-order valence-corrected chi connectivity index (χ3v) is 4.79. The first kappa shape index (κ1) is 18.2. The minimum Gasteiger partial charge on any atom is -0.338 e. The predicted octanol–water partition coefficient (Wildman–Crippen LogP) is 4.17. The zero-order valence-electron chi connectivity index (χ0n) is 14.7. The van der Waals surface area contributed by atoms with Crippen LogP contribution in [0.25, 0.3) is 11.5 Å². The molecule has 144 valence electrons. The van der Waals surface area contributed by atoms with Crippen LogP contribution in [0.2, 0.25) is 0 Å². The van der Waals surface area contributed by atoms with E-state index in [4.69, 9.17) is 4.52 Å². The van der Waals surface area contributed by atoms with E-state index < -0.39 is 17.5 Å². The number of hydrogen-bond acceptors (Lipinski definition) is 4. The average Bonchev–Trinajstić information content (AvgIpc) is 3.20. The van der Waals surface area contributed by atoms with Gasteiger partial charge in [-0.25, -0.2) is 13.2 Å². The van der Waals surface area contributed by atoms with E-state index in [9.17, 15) is 18.0 Å².